The molecule has 3 saturated heterocycles. The molecule has 0 saturated carbocycles. The molecule has 252 valence electrons. The zero-order valence-corrected chi connectivity index (χ0v) is 28.3. The molecular formula is C34H46BrN3O8. The molecule has 1 unspecified atom stereocenters. The number of hydrogen-bond acceptors (Lipinski definition) is 8. The van der Waals surface area contributed by atoms with E-state index < -0.39 is 41.7 Å². The number of anilines is 1. The molecule has 3 aliphatic rings. The second kappa shape index (κ2) is 16.1. The van der Waals surface area contributed by atoms with Crippen molar-refractivity contribution in [2.75, 3.05) is 38.3 Å². The lowest BCUT2D eigenvalue weighted by molar-refractivity contribution is -0.159. The topological polar surface area (TPSA) is 135 Å². The van der Waals surface area contributed by atoms with Crippen molar-refractivity contribution in [2.24, 2.45) is 11.8 Å². The van der Waals surface area contributed by atoms with Crippen molar-refractivity contribution in [3.8, 4) is 5.75 Å². The average molecular weight is 705 g/mol. The van der Waals surface area contributed by atoms with E-state index in [1.807, 2.05) is 0 Å². The highest BCUT2D eigenvalue weighted by Gasteiger charge is 2.77. The number of benzene rings is 1. The molecule has 0 aliphatic carbocycles. The second-order valence-corrected chi connectivity index (χ2v) is 13.3. The number of nitrogens with zero attached hydrogens (tertiary/aromatic N) is 2. The van der Waals surface area contributed by atoms with Crippen LogP contribution in [0.2, 0.25) is 0 Å². The van der Waals surface area contributed by atoms with Crippen LogP contribution in [0, 0.1) is 11.8 Å². The molecule has 3 fully saturated rings. The number of fused-ring (bicyclic) bond motifs is 1. The van der Waals surface area contributed by atoms with Crippen LogP contribution in [0.4, 0.5) is 5.69 Å². The summed E-state index contributed by atoms with van der Waals surface area (Å²) in [5.74, 6) is -2.57. The van der Waals surface area contributed by atoms with E-state index in [0.29, 0.717) is 43.7 Å². The summed E-state index contributed by atoms with van der Waals surface area (Å²) in [6.07, 6.45) is 6.03. The molecule has 1 spiro atoms. The first-order valence-corrected chi connectivity index (χ1v) is 16.9. The van der Waals surface area contributed by atoms with E-state index in [9.17, 15) is 24.3 Å². The van der Waals surface area contributed by atoms with Gasteiger partial charge in [0, 0.05) is 36.6 Å². The number of amides is 3. The number of carbonyl (C=O) groups excluding carboxylic acids is 4. The van der Waals surface area contributed by atoms with Crippen molar-refractivity contribution >= 4 is 45.3 Å². The van der Waals surface area contributed by atoms with E-state index >= 15 is 0 Å². The Morgan fingerprint density at radius 2 is 1.91 bits per heavy atom. The minimum Gasteiger partial charge on any atom is -0.497 e. The highest BCUT2D eigenvalue weighted by atomic mass is 79.9. The Morgan fingerprint density at radius 1 is 1.20 bits per heavy atom. The number of alkyl halides is 1. The number of rotatable bonds is 18. The SMILES string of the molecule is C=CCCC(=O)NC[C@@H](C)OC(=O)[C@H]1[C@@H]2O[C@@]3(CC2Br)[C@@H]1C(=O)N(CCCCCCO)[C@@H]3C(=O)N(CC=C)c1ccc(OC)cc1. The zero-order valence-electron chi connectivity index (χ0n) is 26.7. The fourth-order valence-electron chi connectivity index (χ4n) is 6.93. The van der Waals surface area contributed by atoms with Gasteiger partial charge in [0.2, 0.25) is 11.8 Å². The lowest BCUT2D eigenvalue weighted by atomic mass is 9.70. The first-order chi connectivity index (χ1) is 22.1. The maximum absolute atomic E-state index is 14.7. The number of aliphatic hydroxyl groups excluding tert-OH is 1. The van der Waals surface area contributed by atoms with Crippen molar-refractivity contribution in [3.05, 3.63) is 49.6 Å². The van der Waals surface area contributed by atoms with Gasteiger partial charge in [0.1, 0.15) is 23.5 Å². The lowest BCUT2D eigenvalue weighted by Crippen LogP contribution is -2.57. The molecule has 3 aliphatic heterocycles. The summed E-state index contributed by atoms with van der Waals surface area (Å²) in [6.45, 7) is 9.89. The number of nitrogens with one attached hydrogen (secondary N) is 1. The van der Waals surface area contributed by atoms with E-state index in [1.165, 1.54) is 0 Å². The third-order valence-corrected chi connectivity index (χ3v) is 9.89. The monoisotopic (exact) mass is 703 g/mol. The summed E-state index contributed by atoms with van der Waals surface area (Å²) < 4.78 is 17.7. The number of allylic oxidation sites excluding steroid dienone is 1. The standard InChI is InChI=1S/C34H46BrN3O8/c1-5-7-12-26(40)36-21-22(3)45-33(43)27-28-31(41)38(18-10-8-9-11-19-39)30(34(28)20-25(35)29(27)46-34)32(42)37(17-6-2)23-13-15-24(44-4)16-14-23/h5-6,13-16,22,25,27-30,39H,1-2,7-12,17-21H2,3-4H3,(H,36,40)/t22-,25?,27-,28+,29-,30-,34+/m1/s1. The summed E-state index contributed by atoms with van der Waals surface area (Å²) in [6, 6.07) is 6.11. The van der Waals surface area contributed by atoms with E-state index in [2.05, 4.69) is 34.4 Å². The van der Waals surface area contributed by atoms with Gasteiger partial charge in [-0.25, -0.2) is 0 Å². The summed E-state index contributed by atoms with van der Waals surface area (Å²) >= 11 is 3.70. The molecule has 4 rings (SSSR count). The Morgan fingerprint density at radius 3 is 2.57 bits per heavy atom. The van der Waals surface area contributed by atoms with Crippen molar-refractivity contribution < 1.29 is 38.5 Å². The van der Waals surface area contributed by atoms with Gasteiger partial charge in [-0.15, -0.1) is 13.2 Å². The predicted octanol–water partition coefficient (Wildman–Crippen LogP) is 3.53. The maximum Gasteiger partial charge on any atom is 0.312 e. The Balaban J connectivity index is 1.62. The van der Waals surface area contributed by atoms with Gasteiger partial charge in [0.15, 0.2) is 0 Å². The van der Waals surface area contributed by atoms with Gasteiger partial charge in [0.25, 0.3) is 5.91 Å². The Kier molecular flexibility index (Phi) is 12.4. The molecule has 11 nitrogen and oxygen atoms in total. The molecule has 1 aromatic carbocycles. The van der Waals surface area contributed by atoms with E-state index in [-0.39, 0.29) is 48.7 Å². The number of esters is 1. The largest absolute Gasteiger partial charge is 0.497 e. The summed E-state index contributed by atoms with van der Waals surface area (Å²) in [4.78, 5) is 57.7. The number of halogens is 1. The lowest BCUT2D eigenvalue weighted by Gasteiger charge is -2.37. The van der Waals surface area contributed by atoms with Gasteiger partial charge >= 0.3 is 5.97 Å². The molecule has 3 amide bonds. The van der Waals surface area contributed by atoms with Crippen LogP contribution in [-0.2, 0) is 28.7 Å². The van der Waals surface area contributed by atoms with Crippen molar-refractivity contribution in [1.29, 1.82) is 0 Å². The molecule has 2 N–H and O–H groups in total. The van der Waals surface area contributed by atoms with Crippen LogP contribution in [-0.4, -0.2) is 95.7 Å². The smallest absolute Gasteiger partial charge is 0.312 e. The minimum absolute atomic E-state index is 0.0932. The number of likely N-dealkylation sites (tertiary alicyclic amines) is 1. The number of methoxy groups -OCH3 is 1. The number of aliphatic hydroxyl groups is 1. The molecule has 1 aromatic rings. The van der Waals surface area contributed by atoms with Crippen molar-refractivity contribution in [3.63, 3.8) is 0 Å². The van der Waals surface area contributed by atoms with Crippen molar-refractivity contribution in [1.82, 2.24) is 10.2 Å². The normalized spacial score (nSPS) is 26.7. The zero-order chi connectivity index (χ0) is 33.4. The van der Waals surface area contributed by atoms with Crippen LogP contribution in [0.1, 0.15) is 51.9 Å². The molecule has 7 atom stereocenters. The molecule has 46 heavy (non-hydrogen) atoms. The van der Waals surface area contributed by atoms with Crippen LogP contribution in [0.5, 0.6) is 5.75 Å². The first kappa shape index (κ1) is 35.6. The fraction of sp³-hybridized carbons (Fsp3) is 0.588. The van der Waals surface area contributed by atoms with Gasteiger partial charge in [-0.3, -0.25) is 19.2 Å². The Bertz CT molecular complexity index is 1280. The molecular weight excluding hydrogens is 658 g/mol. The highest BCUT2D eigenvalue weighted by Crippen LogP contribution is 2.60. The van der Waals surface area contributed by atoms with Gasteiger partial charge < -0.3 is 34.4 Å². The number of unbranched alkanes of at least 4 members (excludes halogenated alkanes) is 3. The summed E-state index contributed by atoms with van der Waals surface area (Å²) in [5.41, 5.74) is -0.626. The van der Waals surface area contributed by atoms with E-state index in [4.69, 9.17) is 14.2 Å². The van der Waals surface area contributed by atoms with Crippen molar-refractivity contribution in [2.45, 2.75) is 80.5 Å². The number of carbonyl (C=O) groups is 4. The summed E-state index contributed by atoms with van der Waals surface area (Å²) in [5, 5.41) is 12.0. The molecule has 12 heteroatoms. The van der Waals surface area contributed by atoms with Crippen LogP contribution in [0.15, 0.2) is 49.6 Å². The van der Waals surface area contributed by atoms with Crippen LogP contribution in [0.3, 0.4) is 0 Å². The second-order valence-electron chi connectivity index (χ2n) is 12.1. The predicted molar refractivity (Wildman–Crippen MR) is 177 cm³/mol. The summed E-state index contributed by atoms with van der Waals surface area (Å²) in [7, 11) is 1.57. The average Bonchev–Trinajstić information content (AvgIpc) is 3.64. The van der Waals surface area contributed by atoms with Crippen LogP contribution < -0.4 is 15.0 Å². The Hall–Kier alpha value is -3.22. The number of hydrogen-bond donors (Lipinski definition) is 2. The third kappa shape index (κ3) is 7.34. The van der Waals surface area contributed by atoms with Gasteiger partial charge in [0.05, 0.1) is 31.6 Å². The van der Waals surface area contributed by atoms with Gasteiger partial charge in [-0.2, -0.15) is 0 Å². The van der Waals surface area contributed by atoms with Crippen LogP contribution in [0.25, 0.3) is 0 Å². The maximum atomic E-state index is 14.7. The number of ether oxygens (including phenoxy) is 3. The first-order valence-electron chi connectivity index (χ1n) is 16.0. The highest BCUT2D eigenvalue weighted by molar-refractivity contribution is 9.09. The quantitative estimate of drug-likeness (QED) is 0.103. The van der Waals surface area contributed by atoms with Gasteiger partial charge in [-0.1, -0.05) is 40.9 Å². The van der Waals surface area contributed by atoms with Gasteiger partial charge in [-0.05, 0) is 56.9 Å². The minimum atomic E-state index is -1.24. The Labute approximate surface area is 279 Å². The fourth-order valence-corrected chi connectivity index (χ4v) is 7.87. The van der Waals surface area contributed by atoms with E-state index in [0.717, 1.165) is 12.8 Å². The van der Waals surface area contributed by atoms with E-state index in [1.54, 1.807) is 60.3 Å². The third-order valence-electron chi connectivity index (χ3n) is 9.04. The van der Waals surface area contributed by atoms with Crippen LogP contribution >= 0.6 is 15.9 Å². The molecule has 3 heterocycles. The molecule has 0 aromatic heterocycles. The molecule has 0 radical (unpaired) electrons. The molecule has 2 bridgehead atoms.